The second-order valence-corrected chi connectivity index (χ2v) is 3.54. The van der Waals surface area contributed by atoms with E-state index in [1.807, 2.05) is 0 Å². The first-order valence-electron chi connectivity index (χ1n) is 4.84. The predicted molar refractivity (Wildman–Crippen MR) is 49.4 cm³/mol. The van der Waals surface area contributed by atoms with Crippen LogP contribution in [-0.4, -0.2) is 43.3 Å². The Labute approximate surface area is 86.6 Å². The Bertz CT molecular complexity index is 258. The Hall–Kier alpha value is -1.20. The molecule has 1 heterocycles. The molecule has 4 nitrogen and oxygen atoms in total. The van der Waals surface area contributed by atoms with E-state index < -0.39 is 12.3 Å². The maximum absolute atomic E-state index is 12.1. The molecule has 0 aromatic rings. The van der Waals surface area contributed by atoms with Gasteiger partial charge in [-0.3, -0.25) is 9.59 Å². The topological polar surface area (TPSA) is 49.4 Å². The molecule has 1 aliphatic heterocycles. The quantitative estimate of drug-likeness (QED) is 0.724. The minimum Gasteiger partial charge on any atom is -0.359 e. The van der Waals surface area contributed by atoms with Crippen LogP contribution < -0.4 is 5.32 Å². The number of nitrogens with zero attached hydrogens (tertiary/aromatic N) is 1. The fourth-order valence-corrected chi connectivity index (χ4v) is 1.73. The molecule has 1 unspecified atom stereocenters. The zero-order valence-corrected chi connectivity index (χ0v) is 8.50. The largest absolute Gasteiger partial charge is 0.359 e. The minimum absolute atomic E-state index is 0.100. The molecule has 1 saturated heterocycles. The Morgan fingerprint density at radius 1 is 1.47 bits per heavy atom. The standard InChI is InChI=1S/C9H14F2N2O2/c1-12-8(14)6-3-2-4-13(5-6)9(15)7(10)11/h6-7H,2-5H2,1H3,(H,12,14). The monoisotopic (exact) mass is 220 g/mol. The number of alkyl halides is 2. The van der Waals surface area contributed by atoms with Gasteiger partial charge in [-0.25, -0.2) is 0 Å². The molecule has 1 fully saturated rings. The molecular formula is C9H14F2N2O2. The van der Waals surface area contributed by atoms with Crippen LogP contribution in [0, 0.1) is 5.92 Å². The molecule has 0 aromatic carbocycles. The summed E-state index contributed by atoms with van der Waals surface area (Å²) in [7, 11) is 1.50. The molecule has 0 saturated carbocycles. The van der Waals surface area contributed by atoms with Crippen LogP contribution in [0.4, 0.5) is 8.78 Å². The molecular weight excluding hydrogens is 206 g/mol. The van der Waals surface area contributed by atoms with Crippen LogP contribution >= 0.6 is 0 Å². The van der Waals surface area contributed by atoms with Crippen molar-refractivity contribution in [1.82, 2.24) is 10.2 Å². The third-order valence-corrected chi connectivity index (χ3v) is 2.54. The average Bonchev–Trinajstić information content (AvgIpc) is 2.27. The van der Waals surface area contributed by atoms with Gasteiger partial charge in [0.05, 0.1) is 5.92 Å². The third-order valence-electron chi connectivity index (χ3n) is 2.54. The fraction of sp³-hybridized carbons (Fsp3) is 0.778. The molecule has 0 aliphatic carbocycles. The second-order valence-electron chi connectivity index (χ2n) is 3.54. The summed E-state index contributed by atoms with van der Waals surface area (Å²) in [4.78, 5) is 23.3. The number of piperidine rings is 1. The number of carbonyl (C=O) groups is 2. The van der Waals surface area contributed by atoms with Gasteiger partial charge in [0.25, 0.3) is 5.91 Å². The van der Waals surface area contributed by atoms with E-state index in [4.69, 9.17) is 0 Å². The van der Waals surface area contributed by atoms with Gasteiger partial charge in [-0.05, 0) is 12.8 Å². The van der Waals surface area contributed by atoms with E-state index in [0.29, 0.717) is 19.4 Å². The van der Waals surface area contributed by atoms with Crippen molar-refractivity contribution in [3.63, 3.8) is 0 Å². The Kier molecular flexibility index (Phi) is 3.99. The summed E-state index contributed by atoms with van der Waals surface area (Å²) in [5.41, 5.74) is 0. The second kappa shape index (κ2) is 5.04. The van der Waals surface area contributed by atoms with Gasteiger partial charge >= 0.3 is 6.43 Å². The lowest BCUT2D eigenvalue weighted by molar-refractivity contribution is -0.145. The number of hydrogen-bond donors (Lipinski definition) is 1. The molecule has 0 radical (unpaired) electrons. The molecule has 1 N–H and O–H groups in total. The molecule has 2 amide bonds. The molecule has 1 atom stereocenters. The van der Waals surface area contributed by atoms with E-state index in [9.17, 15) is 18.4 Å². The summed E-state index contributed by atoms with van der Waals surface area (Å²) in [5.74, 6) is -1.73. The number of amides is 2. The van der Waals surface area contributed by atoms with Crippen molar-refractivity contribution >= 4 is 11.8 Å². The maximum atomic E-state index is 12.1. The number of halogens is 2. The first kappa shape index (κ1) is 11.9. The smallest absolute Gasteiger partial charge is 0.315 e. The normalized spacial score (nSPS) is 21.6. The average molecular weight is 220 g/mol. The zero-order valence-electron chi connectivity index (χ0n) is 8.50. The lowest BCUT2D eigenvalue weighted by Crippen LogP contribution is -2.46. The van der Waals surface area contributed by atoms with E-state index >= 15 is 0 Å². The van der Waals surface area contributed by atoms with Crippen LogP contribution in [0.3, 0.4) is 0 Å². The number of carbonyl (C=O) groups excluding carboxylic acids is 2. The zero-order chi connectivity index (χ0) is 11.4. The van der Waals surface area contributed by atoms with Crippen molar-refractivity contribution in [1.29, 1.82) is 0 Å². The first-order chi connectivity index (χ1) is 7.06. The molecule has 15 heavy (non-hydrogen) atoms. The van der Waals surface area contributed by atoms with Gasteiger partial charge in [-0.15, -0.1) is 0 Å². The van der Waals surface area contributed by atoms with Crippen LogP contribution in [0.5, 0.6) is 0 Å². The first-order valence-corrected chi connectivity index (χ1v) is 4.84. The Morgan fingerprint density at radius 2 is 2.13 bits per heavy atom. The van der Waals surface area contributed by atoms with E-state index in [-0.39, 0.29) is 18.4 Å². The van der Waals surface area contributed by atoms with Gasteiger partial charge in [0.1, 0.15) is 0 Å². The third kappa shape index (κ3) is 2.87. The van der Waals surface area contributed by atoms with E-state index in [0.717, 1.165) is 4.90 Å². The molecule has 1 rings (SSSR count). The highest BCUT2D eigenvalue weighted by Gasteiger charge is 2.31. The van der Waals surface area contributed by atoms with Gasteiger partial charge in [0.15, 0.2) is 0 Å². The van der Waals surface area contributed by atoms with E-state index in [1.165, 1.54) is 7.05 Å². The SMILES string of the molecule is CNC(=O)C1CCCN(C(=O)C(F)F)C1. The van der Waals surface area contributed by atoms with Crippen molar-refractivity contribution < 1.29 is 18.4 Å². The van der Waals surface area contributed by atoms with Crippen molar-refractivity contribution in [3.8, 4) is 0 Å². The molecule has 1 aliphatic rings. The number of rotatable bonds is 2. The lowest BCUT2D eigenvalue weighted by atomic mass is 9.97. The lowest BCUT2D eigenvalue weighted by Gasteiger charge is -2.31. The molecule has 0 bridgehead atoms. The molecule has 86 valence electrons. The Balaban J connectivity index is 2.56. The summed E-state index contributed by atoms with van der Waals surface area (Å²) in [6, 6.07) is 0. The van der Waals surface area contributed by atoms with Gasteiger partial charge < -0.3 is 10.2 Å². The van der Waals surface area contributed by atoms with Gasteiger partial charge in [-0.1, -0.05) is 0 Å². The summed E-state index contributed by atoms with van der Waals surface area (Å²) in [6.07, 6.45) is -1.74. The van der Waals surface area contributed by atoms with Gasteiger partial charge in [0, 0.05) is 20.1 Å². The number of nitrogens with one attached hydrogen (secondary N) is 1. The molecule has 0 spiro atoms. The van der Waals surface area contributed by atoms with Crippen LogP contribution in [0.1, 0.15) is 12.8 Å². The van der Waals surface area contributed by atoms with Gasteiger partial charge in [0.2, 0.25) is 5.91 Å². The van der Waals surface area contributed by atoms with Crippen molar-refractivity contribution in [3.05, 3.63) is 0 Å². The van der Waals surface area contributed by atoms with E-state index in [2.05, 4.69) is 5.32 Å². The number of likely N-dealkylation sites (tertiary alicyclic amines) is 1. The van der Waals surface area contributed by atoms with Crippen molar-refractivity contribution in [2.24, 2.45) is 5.92 Å². The van der Waals surface area contributed by atoms with Crippen LogP contribution in [-0.2, 0) is 9.59 Å². The fourth-order valence-electron chi connectivity index (χ4n) is 1.73. The van der Waals surface area contributed by atoms with Crippen molar-refractivity contribution in [2.45, 2.75) is 19.3 Å². The summed E-state index contributed by atoms with van der Waals surface area (Å²) in [6.45, 7) is 0.416. The summed E-state index contributed by atoms with van der Waals surface area (Å²) >= 11 is 0. The molecule has 0 aromatic heterocycles. The highest BCUT2D eigenvalue weighted by Crippen LogP contribution is 2.18. The van der Waals surface area contributed by atoms with Crippen LogP contribution in [0.25, 0.3) is 0 Å². The Morgan fingerprint density at radius 3 is 2.67 bits per heavy atom. The summed E-state index contributed by atoms with van der Waals surface area (Å²) in [5, 5.41) is 2.46. The van der Waals surface area contributed by atoms with Crippen molar-refractivity contribution in [2.75, 3.05) is 20.1 Å². The minimum atomic E-state index is -2.98. The number of hydrogen-bond acceptors (Lipinski definition) is 2. The summed E-state index contributed by atoms with van der Waals surface area (Å²) < 4.78 is 24.3. The highest BCUT2D eigenvalue weighted by molar-refractivity contribution is 5.82. The highest BCUT2D eigenvalue weighted by atomic mass is 19.3. The van der Waals surface area contributed by atoms with Crippen LogP contribution in [0.2, 0.25) is 0 Å². The van der Waals surface area contributed by atoms with Gasteiger partial charge in [-0.2, -0.15) is 8.78 Å². The predicted octanol–water partition coefficient (Wildman–Crippen LogP) is 0.236. The maximum Gasteiger partial charge on any atom is 0.315 e. The molecule has 6 heteroatoms. The van der Waals surface area contributed by atoms with E-state index in [1.54, 1.807) is 0 Å². The van der Waals surface area contributed by atoms with Crippen LogP contribution in [0.15, 0.2) is 0 Å².